The number of halogens is 1. The maximum atomic E-state index is 12.1. The predicted octanol–water partition coefficient (Wildman–Crippen LogP) is 0.637. The summed E-state index contributed by atoms with van der Waals surface area (Å²) in [6, 6.07) is 0.124. The Bertz CT molecular complexity index is 552. The molecule has 1 aromatic heterocycles. The lowest BCUT2D eigenvalue weighted by Crippen LogP contribution is -2.42. The summed E-state index contributed by atoms with van der Waals surface area (Å²) in [5.41, 5.74) is -0.489. The van der Waals surface area contributed by atoms with Gasteiger partial charge < -0.3 is 15.2 Å². The Balaban J connectivity index is 1.69. The van der Waals surface area contributed by atoms with E-state index in [0.717, 1.165) is 26.1 Å². The zero-order chi connectivity index (χ0) is 14.1. The van der Waals surface area contributed by atoms with Gasteiger partial charge in [-0.1, -0.05) is 11.6 Å². The third kappa shape index (κ3) is 2.86. The molecule has 0 spiro atoms. The molecule has 1 aromatic rings. The zero-order valence-electron chi connectivity index (χ0n) is 11.1. The maximum absolute atomic E-state index is 12.1. The SMILES string of the molecule is O=C(NC1CC2CCN(CC2)C1)c1ncc(Cl)c(=O)[nH]1. The molecule has 20 heavy (non-hydrogen) atoms. The molecule has 4 rings (SSSR count). The van der Waals surface area contributed by atoms with Crippen LogP contribution in [0.2, 0.25) is 5.02 Å². The van der Waals surface area contributed by atoms with Crippen LogP contribution in [-0.4, -0.2) is 46.5 Å². The molecular formula is C13H17ClN4O2. The van der Waals surface area contributed by atoms with Crippen LogP contribution in [0.4, 0.5) is 0 Å². The van der Waals surface area contributed by atoms with Crippen LogP contribution in [0.5, 0.6) is 0 Å². The number of aromatic amines is 1. The van der Waals surface area contributed by atoms with Crippen molar-refractivity contribution in [2.75, 3.05) is 19.6 Å². The highest BCUT2D eigenvalue weighted by Gasteiger charge is 2.30. The monoisotopic (exact) mass is 296 g/mol. The number of rotatable bonds is 2. The smallest absolute Gasteiger partial charge is 0.287 e. The summed E-state index contributed by atoms with van der Waals surface area (Å²) in [5, 5.41) is 2.95. The summed E-state index contributed by atoms with van der Waals surface area (Å²) in [7, 11) is 0. The molecule has 0 aliphatic carbocycles. The van der Waals surface area contributed by atoms with Crippen LogP contribution < -0.4 is 10.9 Å². The van der Waals surface area contributed by atoms with Crippen molar-refractivity contribution in [3.63, 3.8) is 0 Å². The van der Waals surface area contributed by atoms with Crippen LogP contribution in [0.1, 0.15) is 29.9 Å². The van der Waals surface area contributed by atoms with Crippen LogP contribution in [0.3, 0.4) is 0 Å². The molecule has 4 heterocycles. The van der Waals surface area contributed by atoms with E-state index in [9.17, 15) is 9.59 Å². The number of amides is 1. The van der Waals surface area contributed by atoms with Crippen molar-refractivity contribution < 1.29 is 4.79 Å². The van der Waals surface area contributed by atoms with Gasteiger partial charge >= 0.3 is 0 Å². The van der Waals surface area contributed by atoms with Gasteiger partial charge in [0, 0.05) is 12.6 Å². The third-order valence-corrected chi connectivity index (χ3v) is 4.38. The Morgan fingerprint density at radius 2 is 2.20 bits per heavy atom. The number of hydrogen-bond acceptors (Lipinski definition) is 4. The fraction of sp³-hybridized carbons (Fsp3) is 0.615. The summed E-state index contributed by atoms with van der Waals surface area (Å²) in [6.45, 7) is 3.11. The Hall–Kier alpha value is -1.40. The Kier molecular flexibility index (Phi) is 3.76. The average Bonchev–Trinajstić information content (AvgIpc) is 2.74. The van der Waals surface area contributed by atoms with Gasteiger partial charge in [-0.3, -0.25) is 9.59 Å². The first-order chi connectivity index (χ1) is 9.61. The van der Waals surface area contributed by atoms with Crippen molar-refractivity contribution in [1.82, 2.24) is 20.2 Å². The van der Waals surface area contributed by atoms with Gasteiger partial charge in [0.15, 0.2) is 5.82 Å². The van der Waals surface area contributed by atoms with E-state index < -0.39 is 5.56 Å². The van der Waals surface area contributed by atoms with Gasteiger partial charge in [0.2, 0.25) is 0 Å². The average molecular weight is 297 g/mol. The van der Waals surface area contributed by atoms with Crippen molar-refractivity contribution in [1.29, 1.82) is 0 Å². The standard InChI is InChI=1S/C13H17ClN4O2/c14-10-6-15-11(17-12(10)19)13(20)16-9-5-8-1-3-18(7-9)4-2-8/h6,8-9H,1-5,7H2,(H,16,20)(H,15,17,19). The molecule has 0 aromatic carbocycles. The number of fused-ring (bicyclic) bond motifs is 4. The van der Waals surface area contributed by atoms with Gasteiger partial charge in [-0.25, -0.2) is 4.98 Å². The fourth-order valence-corrected chi connectivity index (χ4v) is 3.14. The van der Waals surface area contributed by atoms with Crippen LogP contribution in [-0.2, 0) is 0 Å². The van der Waals surface area contributed by atoms with Crippen LogP contribution in [0, 0.1) is 5.92 Å². The minimum Gasteiger partial charge on any atom is -0.345 e. The second kappa shape index (κ2) is 5.54. The maximum Gasteiger partial charge on any atom is 0.287 e. The van der Waals surface area contributed by atoms with Gasteiger partial charge in [-0.2, -0.15) is 0 Å². The number of aromatic nitrogens is 2. The molecule has 3 saturated heterocycles. The van der Waals surface area contributed by atoms with Crippen molar-refractivity contribution in [2.24, 2.45) is 5.92 Å². The fourth-order valence-electron chi connectivity index (χ4n) is 3.05. The highest BCUT2D eigenvalue weighted by atomic mass is 35.5. The molecule has 3 fully saturated rings. The Morgan fingerprint density at radius 3 is 2.90 bits per heavy atom. The van der Waals surface area contributed by atoms with E-state index in [4.69, 9.17) is 11.6 Å². The zero-order valence-corrected chi connectivity index (χ0v) is 11.8. The second-order valence-electron chi connectivity index (χ2n) is 5.56. The first-order valence-corrected chi connectivity index (χ1v) is 7.27. The van der Waals surface area contributed by atoms with Crippen LogP contribution in [0.15, 0.2) is 11.0 Å². The lowest BCUT2D eigenvalue weighted by molar-refractivity contribution is 0.0918. The molecule has 1 atom stereocenters. The number of nitrogens with zero attached hydrogens (tertiary/aromatic N) is 2. The molecule has 1 amide bonds. The molecule has 108 valence electrons. The van der Waals surface area contributed by atoms with Gasteiger partial charge in [0.25, 0.3) is 11.5 Å². The molecule has 3 aliphatic rings. The molecular weight excluding hydrogens is 280 g/mol. The van der Waals surface area contributed by atoms with E-state index in [1.807, 2.05) is 0 Å². The van der Waals surface area contributed by atoms with Crippen molar-refractivity contribution in [3.05, 3.63) is 27.4 Å². The molecule has 3 aliphatic heterocycles. The number of H-pyrrole nitrogens is 1. The highest BCUT2D eigenvalue weighted by Crippen LogP contribution is 2.26. The van der Waals surface area contributed by atoms with Crippen molar-refractivity contribution in [2.45, 2.75) is 25.3 Å². The number of piperidine rings is 1. The van der Waals surface area contributed by atoms with E-state index in [1.54, 1.807) is 0 Å². The molecule has 1 unspecified atom stereocenters. The van der Waals surface area contributed by atoms with Gasteiger partial charge in [-0.15, -0.1) is 0 Å². The first kappa shape index (κ1) is 13.6. The lowest BCUT2D eigenvalue weighted by Gasteiger charge is -2.26. The van der Waals surface area contributed by atoms with E-state index in [-0.39, 0.29) is 22.8 Å². The van der Waals surface area contributed by atoms with Crippen molar-refractivity contribution in [3.8, 4) is 0 Å². The lowest BCUT2D eigenvalue weighted by atomic mass is 9.94. The molecule has 2 bridgehead atoms. The summed E-state index contributed by atoms with van der Waals surface area (Å²) in [5.74, 6) is 0.369. The normalized spacial score (nSPS) is 28.9. The van der Waals surface area contributed by atoms with E-state index in [2.05, 4.69) is 20.2 Å². The second-order valence-corrected chi connectivity index (χ2v) is 5.97. The van der Waals surface area contributed by atoms with E-state index in [1.165, 1.54) is 19.0 Å². The van der Waals surface area contributed by atoms with E-state index >= 15 is 0 Å². The third-order valence-electron chi connectivity index (χ3n) is 4.11. The molecule has 7 heteroatoms. The van der Waals surface area contributed by atoms with Gasteiger partial charge in [0.1, 0.15) is 5.02 Å². The summed E-state index contributed by atoms with van der Waals surface area (Å²) >= 11 is 5.60. The molecule has 2 N–H and O–H groups in total. The largest absolute Gasteiger partial charge is 0.345 e. The number of nitrogens with one attached hydrogen (secondary N) is 2. The first-order valence-electron chi connectivity index (χ1n) is 6.90. The highest BCUT2D eigenvalue weighted by molar-refractivity contribution is 6.30. The van der Waals surface area contributed by atoms with Gasteiger partial charge in [0.05, 0.1) is 6.20 Å². The van der Waals surface area contributed by atoms with Crippen molar-refractivity contribution >= 4 is 17.5 Å². The molecule has 6 nitrogen and oxygen atoms in total. The quantitative estimate of drug-likeness (QED) is 0.839. The van der Waals surface area contributed by atoms with Crippen LogP contribution in [0.25, 0.3) is 0 Å². The van der Waals surface area contributed by atoms with Gasteiger partial charge in [-0.05, 0) is 38.3 Å². The predicted molar refractivity (Wildman–Crippen MR) is 74.9 cm³/mol. The van der Waals surface area contributed by atoms with Crippen LogP contribution >= 0.6 is 11.6 Å². The minimum absolute atomic E-state index is 0.0137. The minimum atomic E-state index is -0.489. The summed E-state index contributed by atoms with van der Waals surface area (Å²) < 4.78 is 0. The summed E-state index contributed by atoms with van der Waals surface area (Å²) in [4.78, 5) is 32.2. The molecule has 0 saturated carbocycles. The number of carbonyl (C=O) groups is 1. The topological polar surface area (TPSA) is 78.1 Å². The Morgan fingerprint density at radius 1 is 1.45 bits per heavy atom. The number of hydrogen-bond donors (Lipinski definition) is 2. The number of carbonyl (C=O) groups excluding carboxylic acids is 1. The molecule has 0 radical (unpaired) electrons. The Labute approximate surface area is 121 Å². The summed E-state index contributed by atoms with van der Waals surface area (Å²) in [6.07, 6.45) is 4.63. The van der Waals surface area contributed by atoms with E-state index in [0.29, 0.717) is 5.92 Å².